The van der Waals surface area contributed by atoms with E-state index in [1.54, 1.807) is 31.3 Å². The van der Waals surface area contributed by atoms with E-state index in [-0.39, 0.29) is 32.9 Å². The largest absolute Gasteiger partial charge is 0.295 e. The lowest BCUT2D eigenvalue weighted by Gasteiger charge is -2.17. The van der Waals surface area contributed by atoms with E-state index in [0.29, 0.717) is 23.1 Å². The van der Waals surface area contributed by atoms with Crippen molar-refractivity contribution in [3.8, 4) is 0 Å². The highest BCUT2D eigenvalue weighted by molar-refractivity contribution is 7.91. The molecule has 0 amide bonds. The predicted octanol–water partition coefficient (Wildman–Crippen LogP) is 4.07. The number of nitrogens with one attached hydrogen (secondary N) is 1. The third kappa shape index (κ3) is 5.43. The second-order valence-corrected chi connectivity index (χ2v) is 12.0. The van der Waals surface area contributed by atoms with Gasteiger partial charge in [0.1, 0.15) is 0 Å². The minimum atomic E-state index is -4.07. The zero-order valence-corrected chi connectivity index (χ0v) is 21.2. The first-order valence-electron chi connectivity index (χ1n) is 10.8. The van der Waals surface area contributed by atoms with Gasteiger partial charge >= 0.3 is 0 Å². The fourth-order valence-electron chi connectivity index (χ4n) is 3.74. The van der Waals surface area contributed by atoms with E-state index < -0.39 is 19.9 Å². The van der Waals surface area contributed by atoms with Crippen LogP contribution in [0.15, 0.2) is 75.5 Å². The van der Waals surface area contributed by atoms with Gasteiger partial charge in [0.05, 0.1) is 14.7 Å². The Labute approximate surface area is 201 Å². The Kier molecular flexibility index (Phi) is 7.70. The normalized spacial score (nSPS) is 12.1. The number of Topliss-reactive ketones (excluding diaryl/α,β-unsaturated/α-hetero) is 1. The molecule has 0 saturated carbocycles. The molecule has 3 rings (SSSR count). The van der Waals surface area contributed by atoms with Crippen molar-refractivity contribution in [3.05, 3.63) is 83.2 Å². The smallest absolute Gasteiger partial charge is 0.240 e. The molecule has 1 N–H and O–H groups in total. The first kappa shape index (κ1) is 25.7. The Balaban J connectivity index is 2.02. The molecule has 0 bridgehead atoms. The molecule has 1 heterocycles. The van der Waals surface area contributed by atoms with Gasteiger partial charge in [-0.3, -0.25) is 9.78 Å². The van der Waals surface area contributed by atoms with Crippen molar-refractivity contribution in [2.75, 3.05) is 6.54 Å². The van der Waals surface area contributed by atoms with Crippen LogP contribution in [0.2, 0.25) is 0 Å². The van der Waals surface area contributed by atoms with Crippen molar-refractivity contribution < 1.29 is 21.6 Å². The molecular weight excluding hydrogens is 472 g/mol. The predicted molar refractivity (Wildman–Crippen MR) is 130 cm³/mol. The minimum Gasteiger partial charge on any atom is -0.295 e. The average molecular weight is 501 g/mol. The second kappa shape index (κ2) is 10.2. The number of sulfonamides is 1. The topological polar surface area (TPSA) is 110 Å². The summed E-state index contributed by atoms with van der Waals surface area (Å²) in [5.41, 5.74) is 1.90. The maximum Gasteiger partial charge on any atom is 0.240 e. The number of sulfone groups is 1. The summed E-state index contributed by atoms with van der Waals surface area (Å²) in [6.07, 6.45) is 2.03. The van der Waals surface area contributed by atoms with Gasteiger partial charge in [0, 0.05) is 30.4 Å². The SMILES string of the molecule is CC(=O)c1cccc(S(=O)(=O)c2ccc(C(C)C)c(S(=O)(=O)NCCc3ccccn3)c2)c1C. The van der Waals surface area contributed by atoms with Crippen LogP contribution in [0.4, 0.5) is 0 Å². The van der Waals surface area contributed by atoms with E-state index in [9.17, 15) is 21.6 Å². The van der Waals surface area contributed by atoms with Crippen LogP contribution >= 0.6 is 0 Å². The number of carbonyl (C=O) groups excluding carboxylic acids is 1. The number of hydrogen-bond acceptors (Lipinski definition) is 6. The Hall–Kier alpha value is -2.88. The Morgan fingerprint density at radius 1 is 0.971 bits per heavy atom. The highest BCUT2D eigenvalue weighted by atomic mass is 32.2. The molecule has 7 nitrogen and oxygen atoms in total. The molecule has 0 aliphatic rings. The molecule has 0 aliphatic carbocycles. The quantitative estimate of drug-likeness (QED) is 0.444. The van der Waals surface area contributed by atoms with Gasteiger partial charge in [-0.05, 0) is 61.2 Å². The van der Waals surface area contributed by atoms with Gasteiger partial charge in [0.25, 0.3) is 0 Å². The van der Waals surface area contributed by atoms with Crippen molar-refractivity contribution in [2.45, 2.75) is 54.7 Å². The summed E-state index contributed by atoms with van der Waals surface area (Å²) in [6, 6.07) is 14.1. The lowest BCUT2D eigenvalue weighted by atomic mass is 10.0. The standard InChI is InChI=1S/C25H28N2O5S2/c1-17(2)22-12-11-21(33(29,30)24-10-7-9-23(18(24)3)19(4)28)16-25(22)34(31,32)27-15-13-20-8-5-6-14-26-20/h5-12,14,16-17,27H,13,15H2,1-4H3. The van der Waals surface area contributed by atoms with Crippen LogP contribution in [0.5, 0.6) is 0 Å². The van der Waals surface area contributed by atoms with Gasteiger partial charge < -0.3 is 0 Å². The molecule has 0 spiro atoms. The van der Waals surface area contributed by atoms with Crippen LogP contribution in [0.1, 0.15) is 53.9 Å². The number of hydrogen-bond donors (Lipinski definition) is 1. The molecule has 9 heteroatoms. The van der Waals surface area contributed by atoms with Gasteiger partial charge in [-0.25, -0.2) is 21.6 Å². The molecule has 3 aromatic rings. The van der Waals surface area contributed by atoms with Gasteiger partial charge in [0.15, 0.2) is 5.78 Å². The molecule has 0 fully saturated rings. The minimum absolute atomic E-state index is 0.0241. The van der Waals surface area contributed by atoms with E-state index in [4.69, 9.17) is 0 Å². The number of aromatic nitrogens is 1. The Morgan fingerprint density at radius 3 is 2.32 bits per heavy atom. The van der Waals surface area contributed by atoms with Crippen LogP contribution < -0.4 is 4.72 Å². The molecule has 34 heavy (non-hydrogen) atoms. The summed E-state index contributed by atoms with van der Waals surface area (Å²) in [5, 5.41) is 0. The third-order valence-electron chi connectivity index (χ3n) is 5.56. The van der Waals surface area contributed by atoms with E-state index in [1.165, 1.54) is 37.3 Å². The number of carbonyl (C=O) groups is 1. The number of pyridine rings is 1. The van der Waals surface area contributed by atoms with Crippen LogP contribution in [-0.4, -0.2) is 34.1 Å². The third-order valence-corrected chi connectivity index (χ3v) is 8.97. The Bertz CT molecular complexity index is 1410. The lowest BCUT2D eigenvalue weighted by molar-refractivity contribution is 0.101. The van der Waals surface area contributed by atoms with Crippen LogP contribution in [-0.2, 0) is 26.3 Å². The summed E-state index contributed by atoms with van der Waals surface area (Å²) >= 11 is 0. The monoisotopic (exact) mass is 500 g/mol. The number of nitrogens with zero attached hydrogens (tertiary/aromatic N) is 1. The molecule has 2 aromatic carbocycles. The highest BCUT2D eigenvalue weighted by Crippen LogP contribution is 2.31. The van der Waals surface area contributed by atoms with Crippen molar-refractivity contribution in [3.63, 3.8) is 0 Å². The molecule has 0 saturated heterocycles. The van der Waals surface area contributed by atoms with Crippen molar-refractivity contribution in [1.82, 2.24) is 9.71 Å². The first-order chi connectivity index (χ1) is 15.9. The molecule has 0 unspecified atom stereocenters. The first-order valence-corrected chi connectivity index (χ1v) is 13.8. The maximum atomic E-state index is 13.5. The lowest BCUT2D eigenvalue weighted by Crippen LogP contribution is -2.27. The average Bonchev–Trinajstić information content (AvgIpc) is 2.79. The van der Waals surface area contributed by atoms with Gasteiger partial charge in [-0.1, -0.05) is 38.1 Å². The number of rotatable bonds is 9. The second-order valence-electron chi connectivity index (χ2n) is 8.31. The highest BCUT2D eigenvalue weighted by Gasteiger charge is 2.27. The zero-order chi connectivity index (χ0) is 25.1. The Morgan fingerprint density at radius 2 is 1.71 bits per heavy atom. The summed E-state index contributed by atoms with van der Waals surface area (Å²) in [5.74, 6) is -0.396. The van der Waals surface area contributed by atoms with E-state index in [1.807, 2.05) is 19.9 Å². The number of benzene rings is 2. The van der Waals surface area contributed by atoms with Crippen molar-refractivity contribution in [1.29, 1.82) is 0 Å². The van der Waals surface area contributed by atoms with E-state index >= 15 is 0 Å². The summed E-state index contributed by atoms with van der Waals surface area (Å²) in [6.45, 7) is 6.75. The van der Waals surface area contributed by atoms with Gasteiger partial charge in [0.2, 0.25) is 19.9 Å². The fourth-order valence-corrected chi connectivity index (χ4v) is 6.78. The van der Waals surface area contributed by atoms with E-state index in [0.717, 1.165) is 5.69 Å². The molecule has 0 radical (unpaired) electrons. The van der Waals surface area contributed by atoms with Crippen molar-refractivity contribution >= 4 is 25.6 Å². The van der Waals surface area contributed by atoms with Crippen LogP contribution in [0.3, 0.4) is 0 Å². The summed E-state index contributed by atoms with van der Waals surface area (Å²) < 4.78 is 55.9. The van der Waals surface area contributed by atoms with Crippen LogP contribution in [0, 0.1) is 6.92 Å². The molecule has 180 valence electrons. The fraction of sp³-hybridized carbons (Fsp3) is 0.280. The van der Waals surface area contributed by atoms with Crippen LogP contribution in [0.25, 0.3) is 0 Å². The maximum absolute atomic E-state index is 13.5. The molecule has 0 aliphatic heterocycles. The zero-order valence-electron chi connectivity index (χ0n) is 19.6. The number of ketones is 1. The molecule has 1 aromatic heterocycles. The molecular formula is C25H28N2O5S2. The van der Waals surface area contributed by atoms with Crippen molar-refractivity contribution in [2.24, 2.45) is 0 Å². The van der Waals surface area contributed by atoms with Gasteiger partial charge in [-0.15, -0.1) is 0 Å². The van der Waals surface area contributed by atoms with Gasteiger partial charge in [-0.2, -0.15) is 0 Å². The summed E-state index contributed by atoms with van der Waals surface area (Å²) in [7, 11) is -8.07. The molecule has 0 atom stereocenters. The summed E-state index contributed by atoms with van der Waals surface area (Å²) in [4.78, 5) is 15.8. The van der Waals surface area contributed by atoms with E-state index in [2.05, 4.69) is 9.71 Å².